The second kappa shape index (κ2) is 6.69. The van der Waals surface area contributed by atoms with Crippen LogP contribution < -0.4 is 0 Å². The van der Waals surface area contributed by atoms with Crippen LogP contribution in [0.4, 0.5) is 0 Å². The molecular weight excluding hydrogens is 288 g/mol. The molecule has 0 aromatic heterocycles. The zero-order valence-electron chi connectivity index (χ0n) is 15.4. The lowest BCUT2D eigenvalue weighted by molar-refractivity contribution is -0.140. The molecule has 0 aromatic carbocycles. The number of amides is 1. The van der Waals surface area contributed by atoms with E-state index >= 15 is 0 Å². The van der Waals surface area contributed by atoms with Crippen molar-refractivity contribution in [3.8, 4) is 0 Å². The molecule has 0 aliphatic carbocycles. The molecule has 132 valence electrons. The molecule has 0 radical (unpaired) electrons. The van der Waals surface area contributed by atoms with Gasteiger partial charge < -0.3 is 14.7 Å². The van der Waals surface area contributed by atoms with Crippen molar-refractivity contribution in [2.75, 3.05) is 66.5 Å². The molecule has 1 amide bonds. The van der Waals surface area contributed by atoms with Gasteiger partial charge in [-0.15, -0.1) is 0 Å². The van der Waals surface area contributed by atoms with E-state index in [-0.39, 0.29) is 11.3 Å². The maximum Gasteiger partial charge on any atom is 0.227 e. The number of rotatable bonds is 2. The van der Waals surface area contributed by atoms with Crippen molar-refractivity contribution < 1.29 is 4.79 Å². The number of carbonyl (C=O) groups is 1. The van der Waals surface area contributed by atoms with E-state index in [1.165, 1.54) is 25.9 Å². The Labute approximate surface area is 141 Å². The summed E-state index contributed by atoms with van der Waals surface area (Å²) < 4.78 is 0. The number of hydrogen-bond acceptors (Lipinski definition) is 4. The highest BCUT2D eigenvalue weighted by atomic mass is 16.2. The van der Waals surface area contributed by atoms with Crippen LogP contribution in [0.15, 0.2) is 0 Å². The summed E-state index contributed by atoms with van der Waals surface area (Å²) in [4.78, 5) is 22.5. The van der Waals surface area contributed by atoms with Gasteiger partial charge in [0.15, 0.2) is 0 Å². The fourth-order valence-corrected chi connectivity index (χ4v) is 4.73. The van der Waals surface area contributed by atoms with Crippen molar-refractivity contribution in [3.05, 3.63) is 0 Å². The second-order valence-corrected chi connectivity index (χ2v) is 8.63. The lowest BCUT2D eigenvalue weighted by atomic mass is 9.81. The molecule has 3 aliphatic heterocycles. The Kier molecular flexibility index (Phi) is 5.00. The molecule has 3 rings (SSSR count). The minimum Gasteiger partial charge on any atom is -0.340 e. The molecule has 23 heavy (non-hydrogen) atoms. The zero-order valence-corrected chi connectivity index (χ0v) is 15.4. The molecular formula is C18H34N4O. The van der Waals surface area contributed by atoms with Crippen molar-refractivity contribution in [2.45, 2.75) is 32.7 Å². The van der Waals surface area contributed by atoms with E-state index in [1.54, 1.807) is 0 Å². The largest absolute Gasteiger partial charge is 0.340 e. The second-order valence-electron chi connectivity index (χ2n) is 8.63. The van der Waals surface area contributed by atoms with Crippen LogP contribution in [0, 0.1) is 11.3 Å². The Hall–Kier alpha value is -0.650. The van der Waals surface area contributed by atoms with Gasteiger partial charge in [-0.05, 0) is 45.4 Å². The van der Waals surface area contributed by atoms with E-state index in [1.807, 2.05) is 0 Å². The van der Waals surface area contributed by atoms with E-state index in [4.69, 9.17) is 0 Å². The van der Waals surface area contributed by atoms with Gasteiger partial charge in [0, 0.05) is 45.3 Å². The van der Waals surface area contributed by atoms with Crippen molar-refractivity contribution in [1.82, 2.24) is 19.6 Å². The standard InChI is InChI=1S/C18H34N4O/c1-18(2)14-20(4)13-16(18)17(23)22-11-9-21(10-12-22)15-5-7-19(3)8-6-15/h15-16H,5-14H2,1-4H3/t16-/m1/s1. The maximum atomic E-state index is 13.0. The molecule has 0 aromatic rings. The van der Waals surface area contributed by atoms with Crippen molar-refractivity contribution in [1.29, 1.82) is 0 Å². The number of hydrogen-bond donors (Lipinski definition) is 0. The molecule has 0 unspecified atom stereocenters. The molecule has 3 heterocycles. The van der Waals surface area contributed by atoms with Crippen molar-refractivity contribution in [3.63, 3.8) is 0 Å². The molecule has 5 nitrogen and oxygen atoms in total. The van der Waals surface area contributed by atoms with Crippen LogP contribution in [-0.2, 0) is 4.79 Å². The van der Waals surface area contributed by atoms with Gasteiger partial charge in [0.1, 0.15) is 0 Å². The summed E-state index contributed by atoms with van der Waals surface area (Å²) in [7, 11) is 4.35. The molecule has 5 heteroatoms. The summed E-state index contributed by atoms with van der Waals surface area (Å²) in [5, 5.41) is 0. The molecule has 3 saturated heterocycles. The summed E-state index contributed by atoms with van der Waals surface area (Å²) in [5.41, 5.74) is 0.108. The van der Waals surface area contributed by atoms with Crippen molar-refractivity contribution in [2.24, 2.45) is 11.3 Å². The monoisotopic (exact) mass is 322 g/mol. The molecule has 0 saturated carbocycles. The third-order valence-electron chi connectivity index (χ3n) is 6.24. The average molecular weight is 322 g/mol. The fraction of sp³-hybridized carbons (Fsp3) is 0.944. The van der Waals surface area contributed by atoms with Crippen LogP contribution in [0.25, 0.3) is 0 Å². The van der Waals surface area contributed by atoms with Gasteiger partial charge in [-0.25, -0.2) is 0 Å². The lowest BCUT2D eigenvalue weighted by Gasteiger charge is -2.43. The highest BCUT2D eigenvalue weighted by Gasteiger charge is 2.44. The zero-order chi connectivity index (χ0) is 16.6. The highest BCUT2D eigenvalue weighted by Crippen LogP contribution is 2.35. The van der Waals surface area contributed by atoms with Gasteiger partial charge in [0.25, 0.3) is 0 Å². The minimum atomic E-state index is 0.108. The predicted octanol–water partition coefficient (Wildman–Crippen LogP) is 0.813. The Morgan fingerprint density at radius 1 is 0.913 bits per heavy atom. The van der Waals surface area contributed by atoms with Crippen LogP contribution in [0.1, 0.15) is 26.7 Å². The first-order valence-corrected chi connectivity index (χ1v) is 9.27. The van der Waals surface area contributed by atoms with Gasteiger partial charge >= 0.3 is 0 Å². The summed E-state index contributed by atoms with van der Waals surface area (Å²) in [5.74, 6) is 0.560. The number of nitrogens with zero attached hydrogens (tertiary/aromatic N) is 4. The van der Waals surface area contributed by atoms with Crippen LogP contribution in [0.3, 0.4) is 0 Å². The van der Waals surface area contributed by atoms with E-state index in [0.717, 1.165) is 45.3 Å². The first-order chi connectivity index (χ1) is 10.9. The Bertz CT molecular complexity index is 423. The van der Waals surface area contributed by atoms with Gasteiger partial charge in [-0.1, -0.05) is 13.8 Å². The molecule has 3 fully saturated rings. The Balaban J connectivity index is 1.52. The SMILES string of the molecule is CN1CCC(N2CCN(C(=O)[C@H]3CN(C)CC3(C)C)CC2)CC1. The van der Waals surface area contributed by atoms with Crippen LogP contribution >= 0.6 is 0 Å². The quantitative estimate of drug-likeness (QED) is 0.753. The topological polar surface area (TPSA) is 30.0 Å². The van der Waals surface area contributed by atoms with Gasteiger partial charge in [0.2, 0.25) is 5.91 Å². The van der Waals surface area contributed by atoms with Gasteiger partial charge in [-0.2, -0.15) is 0 Å². The number of piperazine rings is 1. The maximum absolute atomic E-state index is 13.0. The molecule has 0 N–H and O–H groups in total. The Morgan fingerprint density at radius 2 is 1.52 bits per heavy atom. The normalized spacial score (nSPS) is 31.7. The molecule has 0 spiro atoms. The molecule has 1 atom stereocenters. The first kappa shape index (κ1) is 17.2. The van der Waals surface area contributed by atoms with Crippen LogP contribution in [0.2, 0.25) is 0 Å². The Morgan fingerprint density at radius 3 is 2.04 bits per heavy atom. The smallest absolute Gasteiger partial charge is 0.227 e. The van der Waals surface area contributed by atoms with E-state index < -0.39 is 0 Å². The van der Waals surface area contributed by atoms with E-state index in [0.29, 0.717) is 5.91 Å². The fourth-order valence-electron chi connectivity index (χ4n) is 4.73. The third-order valence-corrected chi connectivity index (χ3v) is 6.24. The van der Waals surface area contributed by atoms with Crippen LogP contribution in [0.5, 0.6) is 0 Å². The molecule has 0 bridgehead atoms. The van der Waals surface area contributed by atoms with E-state index in [2.05, 4.69) is 47.5 Å². The van der Waals surface area contributed by atoms with Gasteiger partial charge in [0.05, 0.1) is 5.92 Å². The van der Waals surface area contributed by atoms with Crippen LogP contribution in [-0.4, -0.2) is 98.0 Å². The minimum absolute atomic E-state index is 0.108. The summed E-state index contributed by atoms with van der Waals surface area (Å²) >= 11 is 0. The number of carbonyl (C=O) groups excluding carboxylic acids is 1. The molecule has 3 aliphatic rings. The lowest BCUT2D eigenvalue weighted by Crippen LogP contribution is -2.55. The van der Waals surface area contributed by atoms with E-state index in [9.17, 15) is 4.79 Å². The average Bonchev–Trinajstić information content (AvgIpc) is 2.80. The predicted molar refractivity (Wildman–Crippen MR) is 93.4 cm³/mol. The summed E-state index contributed by atoms with van der Waals surface area (Å²) in [6.07, 6.45) is 2.57. The first-order valence-electron chi connectivity index (χ1n) is 9.27. The number of piperidine rings is 1. The number of likely N-dealkylation sites (tertiary alicyclic amines) is 2. The van der Waals surface area contributed by atoms with Gasteiger partial charge in [-0.3, -0.25) is 9.69 Å². The van der Waals surface area contributed by atoms with Crippen molar-refractivity contribution >= 4 is 5.91 Å². The third kappa shape index (κ3) is 3.72. The highest BCUT2D eigenvalue weighted by molar-refractivity contribution is 5.80. The summed E-state index contributed by atoms with van der Waals surface area (Å²) in [6.45, 7) is 12.8. The summed E-state index contributed by atoms with van der Waals surface area (Å²) in [6, 6.07) is 0.734.